The lowest BCUT2D eigenvalue weighted by atomic mass is 10.0. The lowest BCUT2D eigenvalue weighted by molar-refractivity contribution is -0.141. The van der Waals surface area contributed by atoms with Crippen LogP contribution in [-0.2, 0) is 12.6 Å². The van der Waals surface area contributed by atoms with E-state index in [0.29, 0.717) is 17.0 Å². The molecule has 0 aliphatic carbocycles. The predicted octanol–water partition coefficient (Wildman–Crippen LogP) is 4.53. The molecule has 2 aromatic carbocycles. The molecule has 0 aliphatic rings. The van der Waals surface area contributed by atoms with Gasteiger partial charge in [0.15, 0.2) is 22.9 Å². The fraction of sp³-hybridized carbons (Fsp3) is 0.0833. The van der Waals surface area contributed by atoms with Crippen molar-refractivity contribution in [2.45, 2.75) is 12.6 Å². The summed E-state index contributed by atoms with van der Waals surface area (Å²) in [6.07, 6.45) is -3.93. The maximum atomic E-state index is 14.8. The molecular weight excluding hydrogens is 482 g/mol. The van der Waals surface area contributed by atoms with Crippen LogP contribution in [0, 0.1) is 5.82 Å². The number of alkyl halides is 3. The van der Waals surface area contributed by atoms with Gasteiger partial charge in [-0.3, -0.25) is 9.59 Å². The number of H-pyrrole nitrogens is 1. The van der Waals surface area contributed by atoms with Crippen molar-refractivity contribution >= 4 is 22.6 Å². The predicted molar refractivity (Wildman–Crippen MR) is 121 cm³/mol. The second-order valence-corrected chi connectivity index (χ2v) is 7.89. The van der Waals surface area contributed by atoms with Crippen molar-refractivity contribution < 1.29 is 26.9 Å². The van der Waals surface area contributed by atoms with E-state index in [9.17, 15) is 27.2 Å². The molecule has 3 heterocycles. The number of fused-ring (bicyclic) bond motifs is 1. The summed E-state index contributed by atoms with van der Waals surface area (Å²) in [5, 5.41) is 7.49. The average molecular weight is 497 g/mol. The summed E-state index contributed by atoms with van der Waals surface area (Å²) < 4.78 is 61.0. The molecule has 3 aromatic heterocycles. The number of Topliss-reactive ketones (excluding diaryl/α,β-unsaturated/α-hetero) is 1. The van der Waals surface area contributed by atoms with Gasteiger partial charge in [0, 0.05) is 24.2 Å². The number of aromatic amines is 1. The van der Waals surface area contributed by atoms with Crippen molar-refractivity contribution in [2.24, 2.45) is 0 Å². The van der Waals surface area contributed by atoms with Crippen molar-refractivity contribution in [2.75, 3.05) is 5.73 Å². The highest BCUT2D eigenvalue weighted by Crippen LogP contribution is 2.31. The first-order valence-electron chi connectivity index (χ1n) is 10.4. The van der Waals surface area contributed by atoms with Gasteiger partial charge in [0.05, 0.1) is 11.1 Å². The second-order valence-electron chi connectivity index (χ2n) is 7.89. The lowest BCUT2D eigenvalue weighted by Gasteiger charge is -2.09. The first kappa shape index (κ1) is 23.0. The number of nitrogen functional groups attached to an aromatic ring is 1. The van der Waals surface area contributed by atoms with Crippen LogP contribution in [-0.4, -0.2) is 25.7 Å². The molecular formula is C24H15F4N5O3. The Kier molecular flexibility index (Phi) is 5.43. The third-order valence-corrected chi connectivity index (χ3v) is 5.54. The number of aromatic nitrogens is 4. The minimum atomic E-state index is -4.82. The first-order valence-corrected chi connectivity index (χ1v) is 10.4. The Morgan fingerprint density at radius 2 is 1.92 bits per heavy atom. The normalized spacial score (nSPS) is 11.8. The van der Waals surface area contributed by atoms with Crippen LogP contribution in [0.4, 0.5) is 23.4 Å². The molecule has 0 atom stereocenters. The van der Waals surface area contributed by atoms with E-state index >= 15 is 0 Å². The number of nitrogens with two attached hydrogens (primary N) is 1. The van der Waals surface area contributed by atoms with E-state index < -0.39 is 41.1 Å². The molecule has 5 aromatic rings. The average Bonchev–Trinajstić information content (AvgIpc) is 3.45. The fourth-order valence-corrected chi connectivity index (χ4v) is 3.76. The summed E-state index contributed by atoms with van der Waals surface area (Å²) in [4.78, 5) is 27.5. The smallest absolute Gasteiger partial charge is 0.380 e. The van der Waals surface area contributed by atoms with Crippen LogP contribution < -0.4 is 11.3 Å². The van der Waals surface area contributed by atoms with Crippen LogP contribution in [0.3, 0.4) is 0 Å². The molecule has 12 heteroatoms. The van der Waals surface area contributed by atoms with Gasteiger partial charge in [0.25, 0.3) is 5.56 Å². The third kappa shape index (κ3) is 4.13. The van der Waals surface area contributed by atoms with Crippen molar-refractivity contribution in [3.05, 3.63) is 93.9 Å². The Bertz CT molecular complexity index is 1680. The van der Waals surface area contributed by atoms with Crippen LogP contribution in [0.15, 0.2) is 70.1 Å². The fourth-order valence-electron chi connectivity index (χ4n) is 3.76. The number of anilines is 1. The summed E-state index contributed by atoms with van der Waals surface area (Å²) in [5.41, 5.74) is 4.48. The molecule has 0 spiro atoms. The highest BCUT2D eigenvalue weighted by molar-refractivity contribution is 5.97. The molecule has 3 N–H and O–H groups in total. The number of carbonyl (C=O) groups excluding carboxylic acids is 1. The minimum absolute atomic E-state index is 0.0161. The highest BCUT2D eigenvalue weighted by atomic mass is 19.4. The van der Waals surface area contributed by atoms with E-state index in [1.54, 1.807) is 6.07 Å². The van der Waals surface area contributed by atoms with Gasteiger partial charge in [-0.25, -0.2) is 9.07 Å². The number of nitrogens with one attached hydrogen (secondary N) is 1. The summed E-state index contributed by atoms with van der Waals surface area (Å²) in [6.45, 7) is 0. The first-order chi connectivity index (χ1) is 17.1. The lowest BCUT2D eigenvalue weighted by Crippen LogP contribution is -2.12. The van der Waals surface area contributed by atoms with Gasteiger partial charge in [0.1, 0.15) is 11.5 Å². The van der Waals surface area contributed by atoms with Gasteiger partial charge in [0.2, 0.25) is 0 Å². The van der Waals surface area contributed by atoms with Crippen molar-refractivity contribution in [3.63, 3.8) is 0 Å². The summed E-state index contributed by atoms with van der Waals surface area (Å²) in [5.74, 6) is -1.58. The number of nitrogens with zero attached hydrogens (tertiary/aromatic N) is 3. The maximum Gasteiger partial charge on any atom is 0.435 e. The molecule has 0 fully saturated rings. The Balaban J connectivity index is 1.52. The largest absolute Gasteiger partial charge is 0.435 e. The van der Waals surface area contributed by atoms with E-state index in [1.165, 1.54) is 42.6 Å². The molecule has 0 saturated carbocycles. The Morgan fingerprint density at radius 3 is 2.64 bits per heavy atom. The van der Waals surface area contributed by atoms with E-state index in [0.717, 1.165) is 10.7 Å². The molecule has 0 bridgehead atoms. The number of rotatable bonds is 5. The maximum absolute atomic E-state index is 14.8. The molecule has 5 rings (SSSR count). The Morgan fingerprint density at radius 1 is 1.11 bits per heavy atom. The third-order valence-electron chi connectivity index (χ3n) is 5.54. The molecule has 36 heavy (non-hydrogen) atoms. The topological polar surface area (TPSA) is 120 Å². The summed E-state index contributed by atoms with van der Waals surface area (Å²) in [6, 6.07) is 11.8. The molecule has 0 unspecified atom stereocenters. The number of carbonyl (C=O) groups is 1. The number of benzene rings is 2. The monoisotopic (exact) mass is 497 g/mol. The molecule has 182 valence electrons. The number of pyridine rings is 1. The van der Waals surface area contributed by atoms with Crippen molar-refractivity contribution in [3.8, 4) is 16.8 Å². The Hall–Kier alpha value is -4.74. The van der Waals surface area contributed by atoms with Gasteiger partial charge in [-0.05, 0) is 47.5 Å². The highest BCUT2D eigenvalue weighted by Gasteiger charge is 2.36. The van der Waals surface area contributed by atoms with Crippen LogP contribution in [0.25, 0.3) is 27.8 Å². The van der Waals surface area contributed by atoms with Crippen LogP contribution in [0.1, 0.15) is 21.7 Å². The zero-order valence-electron chi connectivity index (χ0n) is 18.1. The van der Waals surface area contributed by atoms with E-state index in [4.69, 9.17) is 10.3 Å². The Labute approximate surface area is 198 Å². The zero-order valence-corrected chi connectivity index (χ0v) is 18.1. The summed E-state index contributed by atoms with van der Waals surface area (Å²) in [7, 11) is 0. The van der Waals surface area contributed by atoms with Crippen molar-refractivity contribution in [1.82, 2.24) is 19.9 Å². The number of halogens is 4. The van der Waals surface area contributed by atoms with Crippen LogP contribution in [0.5, 0.6) is 0 Å². The number of hydrogen-bond donors (Lipinski definition) is 2. The SMILES string of the molecule is Nc1noc2ccc(-n3nc(C(F)(F)F)cc3C(=O)Cc3ccc(-c4ccc[nH]c4=O)cc3F)cc12. The number of hydrogen-bond acceptors (Lipinski definition) is 6. The number of ketones is 1. The molecule has 8 nitrogen and oxygen atoms in total. The van der Waals surface area contributed by atoms with Gasteiger partial charge < -0.3 is 15.2 Å². The molecule has 0 amide bonds. The summed E-state index contributed by atoms with van der Waals surface area (Å²) >= 11 is 0. The van der Waals surface area contributed by atoms with Crippen molar-refractivity contribution in [1.29, 1.82) is 0 Å². The van der Waals surface area contributed by atoms with Crippen LogP contribution >= 0.6 is 0 Å². The minimum Gasteiger partial charge on any atom is -0.380 e. The second kappa shape index (κ2) is 8.48. The molecule has 0 radical (unpaired) electrons. The van der Waals surface area contributed by atoms with Gasteiger partial charge in [-0.1, -0.05) is 17.3 Å². The van der Waals surface area contributed by atoms with Gasteiger partial charge in [-0.2, -0.15) is 18.3 Å². The van der Waals surface area contributed by atoms with E-state index in [1.807, 2.05) is 0 Å². The van der Waals surface area contributed by atoms with E-state index in [2.05, 4.69) is 15.2 Å². The quantitative estimate of drug-likeness (QED) is 0.272. The molecule has 0 aliphatic heterocycles. The molecule has 0 saturated heterocycles. The van der Waals surface area contributed by atoms with E-state index in [-0.39, 0.29) is 28.2 Å². The van der Waals surface area contributed by atoms with Gasteiger partial charge >= 0.3 is 6.18 Å². The van der Waals surface area contributed by atoms with Crippen LogP contribution in [0.2, 0.25) is 0 Å². The standard InChI is InChI=1S/C24H15F4N5O3/c25-17-8-12(15-2-1-7-30-23(15)35)3-4-13(17)9-19(34)18-11-21(24(26,27)28)31-33(18)14-5-6-20-16(10-14)22(29)32-36-20/h1-8,10-11H,9H2,(H2,29,32)(H,30,35). The zero-order chi connectivity index (χ0) is 25.6. The van der Waals surface area contributed by atoms with Gasteiger partial charge in [-0.15, -0.1) is 0 Å².